The van der Waals surface area contributed by atoms with Crippen LogP contribution < -0.4 is 5.32 Å². The van der Waals surface area contributed by atoms with Crippen LogP contribution in [0.3, 0.4) is 0 Å². The van der Waals surface area contributed by atoms with E-state index in [1.165, 1.54) is 7.11 Å². The Hall–Kier alpha value is -2.89. The molecule has 1 N–H and O–H groups in total. The van der Waals surface area contributed by atoms with Crippen molar-refractivity contribution in [3.8, 4) is 0 Å². The number of nitrogens with zero attached hydrogens (tertiary/aromatic N) is 1. The summed E-state index contributed by atoms with van der Waals surface area (Å²) in [4.78, 5) is 40.7. The average molecular weight is 380 g/mol. The smallest absolute Gasteiger partial charge is 0.337 e. The van der Waals surface area contributed by atoms with Gasteiger partial charge in [-0.05, 0) is 24.8 Å². The lowest BCUT2D eigenvalue weighted by Gasteiger charge is -2.44. The van der Waals surface area contributed by atoms with E-state index in [0.29, 0.717) is 37.2 Å². The standard InChI is InChI=1S/C22H24N2O4/c1-12-4-6-14(7-5-12)17-18-15(10-13(2)11-16(18)25)24-9-8-23-21(26)20(24)19(17)22(27)28-3/h4-7,13,17H,8-11H2,1-3H3,(H,23,26). The minimum Gasteiger partial charge on any atom is -0.466 e. The van der Waals surface area contributed by atoms with E-state index in [-0.39, 0.29) is 23.2 Å². The van der Waals surface area contributed by atoms with Crippen LogP contribution in [-0.2, 0) is 19.1 Å². The summed E-state index contributed by atoms with van der Waals surface area (Å²) in [5.41, 5.74) is 4.01. The van der Waals surface area contributed by atoms with Crippen LogP contribution in [0.2, 0.25) is 0 Å². The number of allylic oxidation sites excluding steroid dienone is 2. The van der Waals surface area contributed by atoms with Crippen LogP contribution in [-0.4, -0.2) is 42.8 Å². The molecule has 2 heterocycles. The number of Topliss-reactive ketones (excluding diaryl/α,β-unsaturated/α-hetero) is 1. The second-order valence-corrected chi connectivity index (χ2v) is 7.80. The molecule has 0 aromatic heterocycles. The minimum atomic E-state index is -0.585. The number of carbonyl (C=O) groups is 3. The number of methoxy groups -OCH3 is 1. The maximum Gasteiger partial charge on any atom is 0.337 e. The zero-order valence-corrected chi connectivity index (χ0v) is 16.4. The molecule has 4 rings (SSSR count). The quantitative estimate of drug-likeness (QED) is 0.796. The molecular weight excluding hydrogens is 356 g/mol. The van der Waals surface area contributed by atoms with Crippen molar-refractivity contribution in [2.24, 2.45) is 5.92 Å². The number of ether oxygens (including phenoxy) is 1. The summed E-state index contributed by atoms with van der Waals surface area (Å²) in [6.45, 7) is 5.05. The zero-order chi connectivity index (χ0) is 20.0. The SMILES string of the molecule is COC(=O)C1=C2C(=O)NCCN2C2=C(C(=O)CC(C)C2)C1c1ccc(C)cc1. The normalized spacial score (nSPS) is 24.6. The molecule has 146 valence electrons. The highest BCUT2D eigenvalue weighted by atomic mass is 16.5. The third-order valence-corrected chi connectivity index (χ3v) is 5.77. The number of carbonyl (C=O) groups excluding carboxylic acids is 3. The van der Waals surface area contributed by atoms with Crippen LogP contribution in [0.25, 0.3) is 0 Å². The van der Waals surface area contributed by atoms with Gasteiger partial charge in [-0.25, -0.2) is 4.79 Å². The predicted octanol–water partition coefficient (Wildman–Crippen LogP) is 2.20. The van der Waals surface area contributed by atoms with Gasteiger partial charge >= 0.3 is 5.97 Å². The van der Waals surface area contributed by atoms with E-state index in [9.17, 15) is 14.4 Å². The first-order valence-electron chi connectivity index (χ1n) is 9.63. The van der Waals surface area contributed by atoms with E-state index in [2.05, 4.69) is 5.32 Å². The van der Waals surface area contributed by atoms with Crippen LogP contribution in [0.15, 0.2) is 46.8 Å². The lowest BCUT2D eigenvalue weighted by Crippen LogP contribution is -2.50. The molecule has 1 aromatic carbocycles. The molecule has 0 saturated carbocycles. The lowest BCUT2D eigenvalue weighted by atomic mass is 9.72. The Labute approximate surface area is 164 Å². The molecule has 1 amide bonds. The fraction of sp³-hybridized carbons (Fsp3) is 0.409. The van der Waals surface area contributed by atoms with Crippen molar-refractivity contribution in [1.29, 1.82) is 0 Å². The molecule has 6 heteroatoms. The molecule has 2 atom stereocenters. The van der Waals surface area contributed by atoms with E-state index >= 15 is 0 Å². The van der Waals surface area contributed by atoms with Crippen molar-refractivity contribution in [3.05, 3.63) is 57.9 Å². The van der Waals surface area contributed by atoms with Crippen LogP contribution in [0, 0.1) is 12.8 Å². The number of aryl methyl sites for hydroxylation is 1. The first-order chi connectivity index (χ1) is 13.4. The van der Waals surface area contributed by atoms with Gasteiger partial charge in [-0.1, -0.05) is 36.8 Å². The Balaban J connectivity index is 2.00. The van der Waals surface area contributed by atoms with Gasteiger partial charge in [0.05, 0.1) is 12.7 Å². The third-order valence-electron chi connectivity index (χ3n) is 5.77. The molecule has 3 aliphatic rings. The van der Waals surface area contributed by atoms with Crippen LogP contribution >= 0.6 is 0 Å². The first-order valence-corrected chi connectivity index (χ1v) is 9.63. The van der Waals surface area contributed by atoms with Gasteiger partial charge in [0, 0.05) is 36.7 Å². The Morgan fingerprint density at radius 1 is 1.18 bits per heavy atom. The molecule has 1 fully saturated rings. The van der Waals surface area contributed by atoms with Crippen molar-refractivity contribution in [2.75, 3.05) is 20.2 Å². The fourth-order valence-corrected chi connectivity index (χ4v) is 4.52. The summed E-state index contributed by atoms with van der Waals surface area (Å²) in [5, 5.41) is 2.84. The van der Waals surface area contributed by atoms with Crippen molar-refractivity contribution in [1.82, 2.24) is 10.2 Å². The Kier molecular flexibility index (Phi) is 4.57. The number of esters is 1. The van der Waals surface area contributed by atoms with Gasteiger partial charge < -0.3 is 15.0 Å². The highest BCUT2D eigenvalue weighted by Gasteiger charge is 2.46. The first kappa shape index (κ1) is 18.5. The minimum absolute atomic E-state index is 0.0470. The Bertz CT molecular complexity index is 926. The van der Waals surface area contributed by atoms with Gasteiger partial charge in [-0.2, -0.15) is 0 Å². The van der Waals surface area contributed by atoms with E-state index in [1.807, 2.05) is 43.0 Å². The van der Waals surface area contributed by atoms with Gasteiger partial charge in [-0.3, -0.25) is 9.59 Å². The van der Waals surface area contributed by atoms with E-state index < -0.39 is 11.9 Å². The van der Waals surface area contributed by atoms with Crippen LogP contribution in [0.5, 0.6) is 0 Å². The average Bonchev–Trinajstić information content (AvgIpc) is 2.67. The summed E-state index contributed by atoms with van der Waals surface area (Å²) in [6, 6.07) is 7.77. The monoisotopic (exact) mass is 380 g/mol. The summed E-state index contributed by atoms with van der Waals surface area (Å²) in [7, 11) is 1.31. The highest BCUT2D eigenvalue weighted by molar-refractivity contribution is 6.09. The van der Waals surface area contributed by atoms with E-state index in [1.54, 1.807) is 0 Å². The molecule has 0 bridgehead atoms. The Morgan fingerprint density at radius 3 is 2.57 bits per heavy atom. The largest absolute Gasteiger partial charge is 0.466 e. The molecule has 1 saturated heterocycles. The van der Waals surface area contributed by atoms with Gasteiger partial charge in [0.25, 0.3) is 5.91 Å². The predicted molar refractivity (Wildman–Crippen MR) is 103 cm³/mol. The summed E-state index contributed by atoms with van der Waals surface area (Å²) in [5.74, 6) is -1.19. The van der Waals surface area contributed by atoms with Crippen LogP contribution in [0.4, 0.5) is 0 Å². The molecule has 0 spiro atoms. The number of nitrogens with one attached hydrogen (secondary N) is 1. The molecule has 28 heavy (non-hydrogen) atoms. The van der Waals surface area contributed by atoms with Gasteiger partial charge in [0.1, 0.15) is 5.70 Å². The van der Waals surface area contributed by atoms with E-state index in [0.717, 1.165) is 16.8 Å². The van der Waals surface area contributed by atoms with Gasteiger partial charge in [0.15, 0.2) is 5.78 Å². The summed E-state index contributed by atoms with van der Waals surface area (Å²) < 4.78 is 5.06. The third kappa shape index (κ3) is 2.84. The second-order valence-electron chi connectivity index (χ2n) is 7.80. The van der Waals surface area contributed by atoms with Crippen molar-refractivity contribution in [3.63, 3.8) is 0 Å². The maximum atomic E-state index is 13.1. The highest BCUT2D eigenvalue weighted by Crippen LogP contribution is 2.47. The van der Waals surface area contributed by atoms with Gasteiger partial charge in [0.2, 0.25) is 0 Å². The number of ketones is 1. The maximum absolute atomic E-state index is 13.1. The molecule has 2 unspecified atom stereocenters. The number of piperazine rings is 1. The summed E-state index contributed by atoms with van der Waals surface area (Å²) >= 11 is 0. The van der Waals surface area contributed by atoms with Crippen molar-refractivity contribution < 1.29 is 19.1 Å². The molecule has 1 aromatic rings. The second kappa shape index (κ2) is 6.93. The van der Waals surface area contributed by atoms with Crippen molar-refractivity contribution in [2.45, 2.75) is 32.6 Å². The number of fused-ring (bicyclic) bond motifs is 2. The molecule has 0 radical (unpaired) electrons. The zero-order valence-electron chi connectivity index (χ0n) is 16.4. The number of amides is 1. The topological polar surface area (TPSA) is 75.7 Å². The molecule has 6 nitrogen and oxygen atoms in total. The van der Waals surface area contributed by atoms with Crippen molar-refractivity contribution >= 4 is 17.7 Å². The lowest BCUT2D eigenvalue weighted by molar-refractivity contribution is -0.137. The van der Waals surface area contributed by atoms with Gasteiger partial charge in [-0.15, -0.1) is 0 Å². The number of hydrogen-bond acceptors (Lipinski definition) is 5. The molecular formula is C22H24N2O4. The van der Waals surface area contributed by atoms with E-state index in [4.69, 9.17) is 4.74 Å². The molecule has 1 aliphatic carbocycles. The number of hydrogen-bond donors (Lipinski definition) is 1. The summed E-state index contributed by atoms with van der Waals surface area (Å²) in [6.07, 6.45) is 1.17. The van der Waals surface area contributed by atoms with Crippen LogP contribution in [0.1, 0.15) is 36.8 Å². The number of rotatable bonds is 2. The fourth-order valence-electron chi connectivity index (χ4n) is 4.52. The molecule has 2 aliphatic heterocycles. The Morgan fingerprint density at radius 2 is 1.89 bits per heavy atom. The number of benzene rings is 1.